The Hall–Kier alpha value is -0.830. The molecular formula is C6H7ClN2O. The Balaban J connectivity index is 3.23. The Morgan fingerprint density at radius 2 is 2.40 bits per heavy atom. The van der Waals surface area contributed by atoms with Gasteiger partial charge in [0.15, 0.2) is 0 Å². The summed E-state index contributed by atoms with van der Waals surface area (Å²) in [4.78, 5) is 10.7. The van der Waals surface area contributed by atoms with E-state index >= 15 is 0 Å². The number of halogens is 1. The summed E-state index contributed by atoms with van der Waals surface area (Å²) in [6, 6.07) is 0. The van der Waals surface area contributed by atoms with Crippen LogP contribution in [0.3, 0.4) is 0 Å². The lowest BCUT2D eigenvalue weighted by Gasteiger charge is -1.93. The molecule has 0 unspecified atom stereocenters. The van der Waals surface area contributed by atoms with Crippen LogP contribution < -0.4 is 0 Å². The van der Waals surface area contributed by atoms with Crippen molar-refractivity contribution in [1.82, 2.24) is 9.78 Å². The number of aryl methyl sites for hydroxylation is 2. The molecule has 3 nitrogen and oxygen atoms in total. The van der Waals surface area contributed by atoms with Crippen molar-refractivity contribution in [3.63, 3.8) is 0 Å². The zero-order valence-corrected chi connectivity index (χ0v) is 6.51. The molecule has 1 rings (SSSR count). The van der Waals surface area contributed by atoms with Crippen molar-refractivity contribution in [2.24, 2.45) is 7.05 Å². The molecule has 0 bridgehead atoms. The molecule has 0 aliphatic heterocycles. The van der Waals surface area contributed by atoms with Crippen LogP contribution in [0.1, 0.15) is 16.1 Å². The number of carbonyl (C=O) groups excluding carboxylic acids is 1. The van der Waals surface area contributed by atoms with E-state index in [1.165, 1.54) is 4.68 Å². The molecule has 0 saturated carbocycles. The monoisotopic (exact) mass is 158 g/mol. The number of hydrogen-bond acceptors (Lipinski definition) is 2. The summed E-state index contributed by atoms with van der Waals surface area (Å²) >= 11 is 5.26. The second kappa shape index (κ2) is 2.42. The average molecular weight is 159 g/mol. The van der Waals surface area contributed by atoms with Crippen LogP contribution in [0.2, 0.25) is 0 Å². The van der Waals surface area contributed by atoms with Crippen molar-refractivity contribution in [3.05, 3.63) is 17.5 Å². The van der Waals surface area contributed by atoms with E-state index in [1.807, 2.05) is 0 Å². The van der Waals surface area contributed by atoms with Gasteiger partial charge >= 0.3 is 0 Å². The molecule has 0 aromatic carbocycles. The first kappa shape index (κ1) is 7.28. The van der Waals surface area contributed by atoms with E-state index in [1.54, 1.807) is 20.2 Å². The zero-order valence-electron chi connectivity index (χ0n) is 5.76. The lowest BCUT2D eigenvalue weighted by atomic mass is 10.3. The molecule has 10 heavy (non-hydrogen) atoms. The summed E-state index contributed by atoms with van der Waals surface area (Å²) in [5.41, 5.74) is 1.27. The van der Waals surface area contributed by atoms with Gasteiger partial charge in [-0.1, -0.05) is 0 Å². The minimum absolute atomic E-state index is 0.460. The SMILES string of the molecule is Cc1cnn(C)c1C(=O)Cl. The second-order valence-electron chi connectivity index (χ2n) is 2.07. The number of hydrogen-bond donors (Lipinski definition) is 0. The van der Waals surface area contributed by atoms with E-state index in [-0.39, 0.29) is 0 Å². The van der Waals surface area contributed by atoms with Crippen LogP contribution in [0.25, 0.3) is 0 Å². The standard InChI is InChI=1S/C6H7ClN2O/c1-4-3-8-9(2)5(4)6(7)10/h3H,1-2H3. The highest BCUT2D eigenvalue weighted by Crippen LogP contribution is 2.07. The fraction of sp³-hybridized carbons (Fsp3) is 0.333. The highest BCUT2D eigenvalue weighted by atomic mass is 35.5. The smallest absolute Gasteiger partial charge is 0.270 e. The van der Waals surface area contributed by atoms with E-state index in [0.29, 0.717) is 5.69 Å². The summed E-state index contributed by atoms with van der Waals surface area (Å²) in [6.07, 6.45) is 1.61. The van der Waals surface area contributed by atoms with Crippen LogP contribution in [-0.4, -0.2) is 15.0 Å². The van der Waals surface area contributed by atoms with Crippen molar-refractivity contribution in [2.45, 2.75) is 6.92 Å². The van der Waals surface area contributed by atoms with Crippen LogP contribution in [-0.2, 0) is 7.05 Å². The van der Waals surface area contributed by atoms with Crippen molar-refractivity contribution in [1.29, 1.82) is 0 Å². The van der Waals surface area contributed by atoms with Gasteiger partial charge in [0.2, 0.25) is 0 Å². The van der Waals surface area contributed by atoms with Crippen LogP contribution in [0.4, 0.5) is 0 Å². The summed E-state index contributed by atoms with van der Waals surface area (Å²) in [7, 11) is 1.68. The molecule has 0 N–H and O–H groups in total. The Kier molecular flexibility index (Phi) is 1.76. The van der Waals surface area contributed by atoms with Gasteiger partial charge in [-0.25, -0.2) is 0 Å². The molecule has 0 aliphatic rings. The Labute approximate surface area is 63.6 Å². The molecule has 0 spiro atoms. The molecule has 0 saturated heterocycles. The molecule has 54 valence electrons. The van der Waals surface area contributed by atoms with Gasteiger partial charge < -0.3 is 0 Å². The molecule has 0 aliphatic carbocycles. The normalized spacial score (nSPS) is 9.90. The summed E-state index contributed by atoms with van der Waals surface area (Å²) < 4.78 is 1.46. The minimum Gasteiger partial charge on any atom is -0.274 e. The predicted molar refractivity (Wildman–Crippen MR) is 38.1 cm³/mol. The zero-order chi connectivity index (χ0) is 7.72. The Morgan fingerprint density at radius 3 is 2.60 bits per heavy atom. The first-order valence-corrected chi connectivity index (χ1v) is 3.19. The molecule has 1 aromatic rings. The molecule has 0 radical (unpaired) electrons. The second-order valence-corrected chi connectivity index (χ2v) is 2.42. The fourth-order valence-corrected chi connectivity index (χ4v) is 1.10. The number of aromatic nitrogens is 2. The van der Waals surface area contributed by atoms with Crippen LogP contribution in [0, 0.1) is 6.92 Å². The third-order valence-corrected chi connectivity index (χ3v) is 1.49. The Bertz CT molecular complexity index is 247. The van der Waals surface area contributed by atoms with Crippen LogP contribution in [0.5, 0.6) is 0 Å². The highest BCUT2D eigenvalue weighted by Gasteiger charge is 2.09. The third-order valence-electron chi connectivity index (χ3n) is 1.31. The van der Waals surface area contributed by atoms with E-state index in [0.717, 1.165) is 5.56 Å². The first-order valence-electron chi connectivity index (χ1n) is 2.81. The maximum Gasteiger partial charge on any atom is 0.270 e. The number of nitrogens with zero attached hydrogens (tertiary/aromatic N) is 2. The van der Waals surface area contributed by atoms with Crippen LogP contribution >= 0.6 is 11.6 Å². The molecule has 4 heteroatoms. The Morgan fingerprint density at radius 1 is 1.80 bits per heavy atom. The molecule has 0 atom stereocenters. The predicted octanol–water partition coefficient (Wildman–Crippen LogP) is 1.11. The van der Waals surface area contributed by atoms with Crippen molar-refractivity contribution in [2.75, 3.05) is 0 Å². The van der Waals surface area contributed by atoms with Crippen LogP contribution in [0.15, 0.2) is 6.20 Å². The highest BCUT2D eigenvalue weighted by molar-refractivity contribution is 6.67. The van der Waals surface area contributed by atoms with E-state index < -0.39 is 5.24 Å². The van der Waals surface area contributed by atoms with Crippen molar-refractivity contribution >= 4 is 16.8 Å². The van der Waals surface area contributed by atoms with E-state index in [4.69, 9.17) is 11.6 Å². The molecule has 1 aromatic heterocycles. The minimum atomic E-state index is -0.461. The quantitative estimate of drug-likeness (QED) is 0.574. The fourth-order valence-electron chi connectivity index (χ4n) is 0.830. The van der Waals surface area contributed by atoms with Gasteiger partial charge in [-0.05, 0) is 24.1 Å². The molecule has 1 heterocycles. The molecular weight excluding hydrogens is 152 g/mol. The van der Waals surface area contributed by atoms with Gasteiger partial charge in [0, 0.05) is 7.05 Å². The lowest BCUT2D eigenvalue weighted by molar-refractivity contribution is 0.107. The van der Waals surface area contributed by atoms with Gasteiger partial charge in [-0.2, -0.15) is 5.10 Å². The average Bonchev–Trinajstić information content (AvgIpc) is 2.11. The maximum absolute atomic E-state index is 10.7. The number of carbonyl (C=O) groups is 1. The summed E-state index contributed by atoms with van der Waals surface area (Å²) in [5.74, 6) is 0. The van der Waals surface area contributed by atoms with Crippen molar-refractivity contribution in [3.8, 4) is 0 Å². The van der Waals surface area contributed by atoms with E-state index in [2.05, 4.69) is 5.10 Å². The maximum atomic E-state index is 10.7. The number of rotatable bonds is 1. The van der Waals surface area contributed by atoms with Crippen molar-refractivity contribution < 1.29 is 4.79 Å². The third kappa shape index (κ3) is 1.04. The van der Waals surface area contributed by atoms with Gasteiger partial charge in [-0.3, -0.25) is 9.48 Å². The van der Waals surface area contributed by atoms with Gasteiger partial charge in [0.25, 0.3) is 5.24 Å². The topological polar surface area (TPSA) is 34.9 Å². The molecule has 0 fully saturated rings. The lowest BCUT2D eigenvalue weighted by Crippen LogP contribution is -2.02. The molecule has 0 amide bonds. The largest absolute Gasteiger partial charge is 0.274 e. The summed E-state index contributed by atoms with van der Waals surface area (Å²) in [5, 5.41) is 3.39. The van der Waals surface area contributed by atoms with Gasteiger partial charge in [0.05, 0.1) is 6.20 Å². The van der Waals surface area contributed by atoms with Gasteiger partial charge in [0.1, 0.15) is 5.69 Å². The first-order chi connectivity index (χ1) is 4.63. The summed E-state index contributed by atoms with van der Waals surface area (Å²) in [6.45, 7) is 1.79. The van der Waals surface area contributed by atoms with E-state index in [9.17, 15) is 4.79 Å². The van der Waals surface area contributed by atoms with Gasteiger partial charge in [-0.15, -0.1) is 0 Å².